The van der Waals surface area contributed by atoms with Gasteiger partial charge >= 0.3 is 0 Å². The smallest absolute Gasteiger partial charge is 0.257 e. The van der Waals surface area contributed by atoms with Crippen molar-refractivity contribution >= 4 is 17.2 Å². The summed E-state index contributed by atoms with van der Waals surface area (Å²) in [6, 6.07) is 13.3. The Balaban J connectivity index is 1.35. The van der Waals surface area contributed by atoms with Crippen molar-refractivity contribution in [1.82, 2.24) is 15.5 Å². The van der Waals surface area contributed by atoms with Crippen LogP contribution in [0.3, 0.4) is 0 Å². The fourth-order valence-corrected chi connectivity index (χ4v) is 2.67. The van der Waals surface area contributed by atoms with Crippen molar-refractivity contribution in [2.75, 3.05) is 13.2 Å². The van der Waals surface area contributed by atoms with E-state index in [9.17, 15) is 4.79 Å². The van der Waals surface area contributed by atoms with E-state index in [0.29, 0.717) is 37.8 Å². The maximum Gasteiger partial charge on any atom is 0.257 e. The van der Waals surface area contributed by atoms with Crippen molar-refractivity contribution in [3.05, 3.63) is 53.7 Å². The molecule has 0 unspecified atom stereocenters. The number of ether oxygens (including phenoxy) is 1. The zero-order valence-corrected chi connectivity index (χ0v) is 13.8. The number of para-hydroxylation sites is 1. The topological polar surface area (TPSA) is 77.2 Å². The third kappa shape index (κ3) is 4.66. The molecule has 3 aromatic rings. The molecule has 3 rings (SSSR count). The molecule has 0 saturated heterocycles. The Labute approximate surface area is 143 Å². The van der Waals surface area contributed by atoms with Crippen LogP contribution >= 0.6 is 11.3 Å². The number of carbonyl (C=O) groups is 1. The van der Waals surface area contributed by atoms with Crippen LogP contribution in [0.4, 0.5) is 0 Å². The first kappa shape index (κ1) is 16.2. The number of nitrogens with zero attached hydrogens (tertiary/aromatic N) is 2. The Hall–Kier alpha value is -2.67. The minimum Gasteiger partial charge on any atom is -0.493 e. The molecule has 1 N–H and O–H groups in total. The zero-order chi connectivity index (χ0) is 16.6. The molecule has 7 heteroatoms. The summed E-state index contributed by atoms with van der Waals surface area (Å²) in [5, 5.41) is 12.8. The van der Waals surface area contributed by atoms with Gasteiger partial charge < -0.3 is 14.5 Å². The average Bonchev–Trinajstić information content (AvgIpc) is 3.27. The van der Waals surface area contributed by atoms with Crippen molar-refractivity contribution < 1.29 is 13.9 Å². The van der Waals surface area contributed by atoms with Crippen LogP contribution in [0.1, 0.15) is 12.3 Å². The van der Waals surface area contributed by atoms with Gasteiger partial charge in [-0.25, -0.2) is 0 Å². The molecule has 0 spiro atoms. The summed E-state index contributed by atoms with van der Waals surface area (Å²) in [5.41, 5.74) is 0. The lowest BCUT2D eigenvalue weighted by molar-refractivity contribution is -0.121. The summed E-state index contributed by atoms with van der Waals surface area (Å²) < 4.78 is 11.0. The number of thiophene rings is 1. The lowest BCUT2D eigenvalue weighted by Crippen LogP contribution is -2.27. The van der Waals surface area contributed by atoms with E-state index in [1.807, 2.05) is 47.8 Å². The number of amides is 1. The van der Waals surface area contributed by atoms with E-state index in [-0.39, 0.29) is 5.91 Å². The number of aromatic nitrogens is 2. The number of hydrogen-bond donors (Lipinski definition) is 1. The maximum atomic E-state index is 11.8. The van der Waals surface area contributed by atoms with E-state index in [2.05, 4.69) is 15.5 Å². The number of benzene rings is 1. The quantitative estimate of drug-likeness (QED) is 0.680. The SMILES string of the molecule is O=C(CCOc1ccccc1)NCCc1nnc(-c2cccs2)o1. The second-order valence-corrected chi connectivity index (χ2v) is 5.94. The van der Waals surface area contributed by atoms with Gasteiger partial charge in [-0.05, 0) is 23.6 Å². The molecule has 0 radical (unpaired) electrons. The van der Waals surface area contributed by atoms with Crippen LogP contribution in [0.5, 0.6) is 5.75 Å². The number of rotatable bonds is 8. The molecule has 0 saturated carbocycles. The van der Waals surface area contributed by atoms with E-state index in [1.165, 1.54) is 0 Å². The summed E-state index contributed by atoms with van der Waals surface area (Å²) in [6.07, 6.45) is 0.808. The zero-order valence-electron chi connectivity index (χ0n) is 13.0. The highest BCUT2D eigenvalue weighted by molar-refractivity contribution is 7.13. The predicted octanol–water partition coefficient (Wildman–Crippen LogP) is 2.93. The summed E-state index contributed by atoms with van der Waals surface area (Å²) in [6.45, 7) is 0.801. The van der Waals surface area contributed by atoms with Crippen LogP contribution in [-0.4, -0.2) is 29.3 Å². The fraction of sp³-hybridized carbons (Fsp3) is 0.235. The van der Waals surface area contributed by atoms with Crippen LogP contribution in [-0.2, 0) is 11.2 Å². The van der Waals surface area contributed by atoms with E-state index >= 15 is 0 Å². The van der Waals surface area contributed by atoms with Crippen molar-refractivity contribution in [1.29, 1.82) is 0 Å². The molecule has 1 amide bonds. The highest BCUT2D eigenvalue weighted by Gasteiger charge is 2.09. The standard InChI is InChI=1S/C17H17N3O3S/c21-15(9-11-22-13-5-2-1-3-6-13)18-10-8-16-19-20-17(23-16)14-7-4-12-24-14/h1-7,12H,8-11H2,(H,18,21). The molecule has 0 bridgehead atoms. The normalized spacial score (nSPS) is 10.5. The van der Waals surface area contributed by atoms with Gasteiger partial charge in [0.1, 0.15) is 5.75 Å². The third-order valence-corrected chi connectivity index (χ3v) is 4.06. The first-order valence-corrected chi connectivity index (χ1v) is 8.50. The highest BCUT2D eigenvalue weighted by atomic mass is 32.1. The predicted molar refractivity (Wildman–Crippen MR) is 90.9 cm³/mol. The van der Waals surface area contributed by atoms with E-state index in [4.69, 9.17) is 9.15 Å². The van der Waals surface area contributed by atoms with Crippen LogP contribution in [0, 0.1) is 0 Å². The lowest BCUT2D eigenvalue weighted by atomic mass is 10.3. The van der Waals surface area contributed by atoms with E-state index in [1.54, 1.807) is 11.3 Å². The number of hydrogen-bond acceptors (Lipinski definition) is 6. The molecular formula is C17H17N3O3S. The third-order valence-electron chi connectivity index (χ3n) is 3.20. The first-order chi connectivity index (χ1) is 11.8. The first-order valence-electron chi connectivity index (χ1n) is 7.62. The van der Waals surface area contributed by atoms with Crippen molar-refractivity contribution in [3.63, 3.8) is 0 Å². The number of nitrogens with one attached hydrogen (secondary N) is 1. The molecule has 0 aliphatic rings. The highest BCUT2D eigenvalue weighted by Crippen LogP contribution is 2.22. The molecule has 24 heavy (non-hydrogen) atoms. The summed E-state index contributed by atoms with van der Waals surface area (Å²) in [5.74, 6) is 1.73. The second kappa shape index (κ2) is 8.26. The average molecular weight is 343 g/mol. The van der Waals surface area contributed by atoms with Gasteiger partial charge in [0, 0.05) is 13.0 Å². The van der Waals surface area contributed by atoms with Crippen LogP contribution in [0.15, 0.2) is 52.3 Å². The molecule has 0 aliphatic heterocycles. The molecule has 1 aromatic carbocycles. The minimum atomic E-state index is -0.0658. The van der Waals surface area contributed by atoms with Crippen LogP contribution < -0.4 is 10.1 Å². The van der Waals surface area contributed by atoms with Gasteiger partial charge in [0.2, 0.25) is 11.8 Å². The van der Waals surface area contributed by atoms with Gasteiger partial charge in [-0.2, -0.15) is 0 Å². The van der Waals surface area contributed by atoms with Gasteiger partial charge in [0.05, 0.1) is 17.9 Å². The molecule has 2 heterocycles. The maximum absolute atomic E-state index is 11.8. The van der Waals surface area contributed by atoms with Gasteiger partial charge in [-0.1, -0.05) is 24.3 Å². The van der Waals surface area contributed by atoms with Crippen LogP contribution in [0.2, 0.25) is 0 Å². The minimum absolute atomic E-state index is 0.0658. The Bertz CT molecular complexity index is 757. The van der Waals surface area contributed by atoms with Crippen molar-refractivity contribution in [3.8, 4) is 16.5 Å². The molecular weight excluding hydrogens is 326 g/mol. The van der Waals surface area contributed by atoms with Gasteiger partial charge in [-0.15, -0.1) is 21.5 Å². The van der Waals surface area contributed by atoms with E-state index < -0.39 is 0 Å². The molecule has 124 valence electrons. The van der Waals surface area contributed by atoms with Crippen molar-refractivity contribution in [2.45, 2.75) is 12.8 Å². The molecule has 0 atom stereocenters. The molecule has 0 fully saturated rings. The van der Waals surface area contributed by atoms with Gasteiger partial charge in [0.15, 0.2) is 0 Å². The molecule has 6 nitrogen and oxygen atoms in total. The van der Waals surface area contributed by atoms with Gasteiger partial charge in [0.25, 0.3) is 5.89 Å². The number of carbonyl (C=O) groups excluding carboxylic acids is 1. The monoisotopic (exact) mass is 343 g/mol. The Morgan fingerprint density at radius 2 is 2.04 bits per heavy atom. The second-order valence-electron chi connectivity index (χ2n) is 4.99. The van der Waals surface area contributed by atoms with Gasteiger partial charge in [-0.3, -0.25) is 4.79 Å². The summed E-state index contributed by atoms with van der Waals surface area (Å²) in [4.78, 5) is 12.7. The Morgan fingerprint density at radius 3 is 2.83 bits per heavy atom. The summed E-state index contributed by atoms with van der Waals surface area (Å²) >= 11 is 1.55. The van der Waals surface area contributed by atoms with Crippen LogP contribution in [0.25, 0.3) is 10.8 Å². The summed E-state index contributed by atoms with van der Waals surface area (Å²) in [7, 11) is 0. The van der Waals surface area contributed by atoms with Crippen molar-refractivity contribution in [2.24, 2.45) is 0 Å². The van der Waals surface area contributed by atoms with E-state index in [0.717, 1.165) is 10.6 Å². The fourth-order valence-electron chi connectivity index (χ4n) is 2.03. The lowest BCUT2D eigenvalue weighted by Gasteiger charge is -2.06. The largest absolute Gasteiger partial charge is 0.493 e. The Morgan fingerprint density at radius 1 is 1.17 bits per heavy atom. The Kier molecular flexibility index (Phi) is 5.57. The molecule has 0 aliphatic carbocycles. The molecule has 2 aromatic heterocycles.